The molecule has 0 bridgehead atoms. The van der Waals surface area contributed by atoms with Crippen molar-refractivity contribution < 1.29 is 10.2 Å². The van der Waals surface area contributed by atoms with Crippen molar-refractivity contribution in [3.63, 3.8) is 0 Å². The van der Waals surface area contributed by atoms with E-state index in [1.54, 1.807) is 0 Å². The van der Waals surface area contributed by atoms with Crippen LogP contribution < -0.4 is 0 Å². The van der Waals surface area contributed by atoms with Gasteiger partial charge in [-0.3, -0.25) is 0 Å². The van der Waals surface area contributed by atoms with Crippen LogP contribution in [0, 0.1) is 0 Å². The fourth-order valence-electron chi connectivity index (χ4n) is 1.03. The summed E-state index contributed by atoms with van der Waals surface area (Å²) in [7, 11) is 0. The number of thioether (sulfide) groups is 2. The Morgan fingerprint density at radius 2 is 2.00 bits per heavy atom. The monoisotopic (exact) mass is 194 g/mol. The smallest absolute Gasteiger partial charge is 0.0580 e. The van der Waals surface area contributed by atoms with Crippen molar-refractivity contribution in [3.8, 4) is 0 Å². The Labute approximate surface area is 75.8 Å². The number of rotatable bonds is 4. The van der Waals surface area contributed by atoms with Crippen LogP contribution in [-0.2, 0) is 0 Å². The molecule has 11 heavy (non-hydrogen) atoms. The Morgan fingerprint density at radius 1 is 1.36 bits per heavy atom. The van der Waals surface area contributed by atoms with Gasteiger partial charge in [0.15, 0.2) is 0 Å². The summed E-state index contributed by atoms with van der Waals surface area (Å²) in [5.74, 6) is 2.42. The number of aliphatic hydroxyl groups excluding tert-OH is 2. The molecule has 1 heterocycles. The van der Waals surface area contributed by atoms with Gasteiger partial charge in [0.05, 0.1) is 10.7 Å². The molecule has 1 atom stereocenters. The summed E-state index contributed by atoms with van der Waals surface area (Å²) >= 11 is 3.84. The first-order valence-corrected chi connectivity index (χ1v) is 5.95. The summed E-state index contributed by atoms with van der Waals surface area (Å²) in [6.45, 7) is 0.100. The second-order valence-corrected chi connectivity index (χ2v) is 5.49. The van der Waals surface area contributed by atoms with Gasteiger partial charge < -0.3 is 10.2 Å². The maximum atomic E-state index is 9.32. The van der Waals surface area contributed by atoms with E-state index in [1.165, 1.54) is 11.5 Å². The van der Waals surface area contributed by atoms with Crippen molar-refractivity contribution in [2.45, 2.75) is 23.5 Å². The van der Waals surface area contributed by atoms with Crippen molar-refractivity contribution in [2.24, 2.45) is 0 Å². The Morgan fingerprint density at radius 3 is 2.55 bits per heavy atom. The van der Waals surface area contributed by atoms with Gasteiger partial charge in [-0.25, -0.2) is 0 Å². The lowest BCUT2D eigenvalue weighted by Gasteiger charge is -2.12. The number of aliphatic hydroxyl groups is 2. The minimum atomic E-state index is -0.303. The van der Waals surface area contributed by atoms with E-state index in [-0.39, 0.29) is 12.7 Å². The average molecular weight is 194 g/mol. The van der Waals surface area contributed by atoms with Gasteiger partial charge in [-0.2, -0.15) is 0 Å². The molecule has 0 amide bonds. The predicted octanol–water partition coefficient (Wildman–Crippen LogP) is 0.926. The molecule has 0 aliphatic carbocycles. The van der Waals surface area contributed by atoms with E-state index in [4.69, 9.17) is 5.11 Å². The molecule has 0 radical (unpaired) electrons. The molecule has 0 spiro atoms. The highest BCUT2D eigenvalue weighted by Crippen LogP contribution is 2.35. The summed E-state index contributed by atoms with van der Waals surface area (Å²) < 4.78 is 0.566. The van der Waals surface area contributed by atoms with Gasteiger partial charge in [0, 0.05) is 18.1 Å². The molecule has 0 aromatic rings. The van der Waals surface area contributed by atoms with Gasteiger partial charge in [0.25, 0.3) is 0 Å². The largest absolute Gasteiger partial charge is 0.396 e. The fourth-order valence-corrected chi connectivity index (χ4v) is 4.01. The van der Waals surface area contributed by atoms with E-state index >= 15 is 0 Å². The normalized spacial score (nSPS) is 22.4. The summed E-state index contributed by atoms with van der Waals surface area (Å²) in [6, 6.07) is 0. The molecule has 1 saturated heterocycles. The van der Waals surface area contributed by atoms with Gasteiger partial charge >= 0.3 is 0 Å². The van der Waals surface area contributed by atoms with Crippen LogP contribution in [0.2, 0.25) is 0 Å². The first kappa shape index (κ1) is 9.71. The van der Waals surface area contributed by atoms with Crippen LogP contribution in [0.25, 0.3) is 0 Å². The zero-order valence-electron chi connectivity index (χ0n) is 6.40. The van der Waals surface area contributed by atoms with E-state index in [0.717, 1.165) is 6.42 Å². The maximum Gasteiger partial charge on any atom is 0.0580 e. The molecule has 1 aliphatic rings. The van der Waals surface area contributed by atoms with Crippen LogP contribution in [0.1, 0.15) is 12.8 Å². The zero-order chi connectivity index (χ0) is 8.10. The Balaban J connectivity index is 2.08. The molecule has 1 rings (SSSR count). The lowest BCUT2D eigenvalue weighted by atomic mass is 10.2. The van der Waals surface area contributed by atoms with Gasteiger partial charge in [0.2, 0.25) is 0 Å². The fraction of sp³-hybridized carbons (Fsp3) is 1.00. The Bertz CT molecular complexity index is 105. The van der Waals surface area contributed by atoms with Crippen LogP contribution in [0.15, 0.2) is 0 Å². The minimum absolute atomic E-state index is 0.100. The topological polar surface area (TPSA) is 40.5 Å². The van der Waals surface area contributed by atoms with Gasteiger partial charge in [-0.05, 0) is 12.8 Å². The van der Waals surface area contributed by atoms with Gasteiger partial charge in [-0.15, -0.1) is 23.5 Å². The SMILES string of the molecule is OCCC(O)CC1SCCS1. The predicted molar refractivity (Wildman–Crippen MR) is 51.0 cm³/mol. The quantitative estimate of drug-likeness (QED) is 0.698. The van der Waals surface area contributed by atoms with Gasteiger partial charge in [0.1, 0.15) is 0 Å². The lowest BCUT2D eigenvalue weighted by Crippen LogP contribution is -2.13. The first-order chi connectivity index (χ1) is 5.33. The second-order valence-electron chi connectivity index (χ2n) is 2.57. The van der Waals surface area contributed by atoms with Crippen molar-refractivity contribution in [1.82, 2.24) is 0 Å². The third-order valence-electron chi connectivity index (χ3n) is 1.62. The third kappa shape index (κ3) is 3.69. The zero-order valence-corrected chi connectivity index (χ0v) is 8.03. The molecule has 1 aliphatic heterocycles. The highest BCUT2D eigenvalue weighted by Gasteiger charge is 2.19. The van der Waals surface area contributed by atoms with E-state index < -0.39 is 0 Å². The molecular formula is C7H14O2S2. The second kappa shape index (κ2) is 5.30. The number of hydrogen-bond donors (Lipinski definition) is 2. The summed E-state index contributed by atoms with van der Waals surface area (Å²) in [6.07, 6.45) is 1.05. The molecule has 4 heteroatoms. The van der Waals surface area contributed by atoms with Crippen molar-refractivity contribution in [1.29, 1.82) is 0 Å². The molecule has 0 aromatic carbocycles. The highest BCUT2D eigenvalue weighted by atomic mass is 32.2. The van der Waals surface area contributed by atoms with Crippen molar-refractivity contribution in [2.75, 3.05) is 18.1 Å². The Hall–Kier alpha value is 0.620. The highest BCUT2D eigenvalue weighted by molar-refractivity contribution is 8.20. The average Bonchev–Trinajstić information content (AvgIpc) is 2.40. The third-order valence-corrected chi connectivity index (χ3v) is 4.70. The standard InChI is InChI=1S/C7H14O2S2/c8-2-1-6(9)5-7-10-3-4-11-7/h6-9H,1-5H2. The first-order valence-electron chi connectivity index (χ1n) is 3.85. The molecule has 0 aromatic heterocycles. The van der Waals surface area contributed by atoms with Crippen LogP contribution in [-0.4, -0.2) is 39.0 Å². The van der Waals surface area contributed by atoms with Crippen LogP contribution in [0.3, 0.4) is 0 Å². The van der Waals surface area contributed by atoms with Crippen molar-refractivity contribution >= 4 is 23.5 Å². The van der Waals surface area contributed by atoms with Crippen molar-refractivity contribution in [3.05, 3.63) is 0 Å². The summed E-state index contributed by atoms with van der Waals surface area (Å²) in [5, 5.41) is 17.9. The van der Waals surface area contributed by atoms with Crippen LogP contribution in [0.5, 0.6) is 0 Å². The Kier molecular flexibility index (Phi) is 4.67. The molecule has 1 fully saturated rings. The van der Waals surface area contributed by atoms with Gasteiger partial charge in [-0.1, -0.05) is 0 Å². The molecule has 66 valence electrons. The van der Waals surface area contributed by atoms with E-state index in [9.17, 15) is 5.11 Å². The molecule has 1 unspecified atom stereocenters. The van der Waals surface area contributed by atoms with E-state index in [1.807, 2.05) is 23.5 Å². The van der Waals surface area contributed by atoms with E-state index in [2.05, 4.69) is 0 Å². The number of hydrogen-bond acceptors (Lipinski definition) is 4. The molecule has 0 saturated carbocycles. The van der Waals surface area contributed by atoms with Crippen LogP contribution >= 0.6 is 23.5 Å². The minimum Gasteiger partial charge on any atom is -0.396 e. The lowest BCUT2D eigenvalue weighted by molar-refractivity contribution is 0.129. The van der Waals surface area contributed by atoms with Crippen LogP contribution in [0.4, 0.5) is 0 Å². The molecule has 2 N–H and O–H groups in total. The summed E-state index contributed by atoms with van der Waals surface area (Å²) in [5.41, 5.74) is 0. The summed E-state index contributed by atoms with van der Waals surface area (Å²) in [4.78, 5) is 0. The van der Waals surface area contributed by atoms with E-state index in [0.29, 0.717) is 11.0 Å². The maximum absolute atomic E-state index is 9.32. The molecular weight excluding hydrogens is 180 g/mol. The molecule has 2 nitrogen and oxygen atoms in total.